The molecule has 0 fully saturated rings. The summed E-state index contributed by atoms with van der Waals surface area (Å²) in [6.45, 7) is -0.570. The third-order valence-corrected chi connectivity index (χ3v) is 3.76. The minimum absolute atomic E-state index is 0.00245. The van der Waals surface area contributed by atoms with Crippen molar-refractivity contribution in [2.75, 3.05) is 13.2 Å². The van der Waals surface area contributed by atoms with Crippen LogP contribution in [0.15, 0.2) is 48.5 Å². The van der Waals surface area contributed by atoms with Crippen molar-refractivity contribution in [1.82, 2.24) is 10.9 Å². The molecule has 1 heterocycles. The number of esters is 1. The third-order valence-electron chi connectivity index (χ3n) is 3.52. The highest BCUT2D eigenvalue weighted by molar-refractivity contribution is 6.30. The molecule has 1 atom stereocenters. The number of hydrazine groups is 1. The molecule has 1 aliphatic rings. The molecule has 2 aromatic carbocycles. The molecule has 9 heteroatoms. The summed E-state index contributed by atoms with van der Waals surface area (Å²) in [6.07, 6.45) is -0.922. The van der Waals surface area contributed by atoms with Crippen molar-refractivity contribution >= 4 is 29.4 Å². The van der Waals surface area contributed by atoms with E-state index in [9.17, 15) is 14.4 Å². The Morgan fingerprint density at radius 3 is 2.63 bits per heavy atom. The average molecular weight is 391 g/mol. The maximum Gasteiger partial charge on any atom is 0.338 e. The molecule has 3 rings (SSSR count). The second-order valence-corrected chi connectivity index (χ2v) is 5.92. The summed E-state index contributed by atoms with van der Waals surface area (Å²) in [5, 5.41) is 0.373. The molecule has 2 amide bonds. The van der Waals surface area contributed by atoms with Crippen LogP contribution in [0.5, 0.6) is 11.5 Å². The topological polar surface area (TPSA) is 103 Å². The Morgan fingerprint density at radius 2 is 1.85 bits per heavy atom. The molecule has 27 heavy (non-hydrogen) atoms. The van der Waals surface area contributed by atoms with E-state index in [0.717, 1.165) is 0 Å². The molecule has 2 N–H and O–H groups in total. The van der Waals surface area contributed by atoms with Gasteiger partial charge >= 0.3 is 5.97 Å². The Bertz CT molecular complexity index is 872. The Balaban J connectivity index is 1.43. The fraction of sp³-hybridized carbons (Fsp3) is 0.167. The van der Waals surface area contributed by atoms with Crippen LogP contribution in [0.4, 0.5) is 0 Å². The van der Waals surface area contributed by atoms with E-state index < -0.39 is 30.5 Å². The minimum Gasteiger partial charge on any atom is -0.485 e. The number of carbonyl (C=O) groups is 3. The van der Waals surface area contributed by atoms with Gasteiger partial charge in [-0.1, -0.05) is 29.8 Å². The molecule has 2 aromatic rings. The summed E-state index contributed by atoms with van der Waals surface area (Å²) in [4.78, 5) is 35.6. The number of rotatable bonds is 4. The van der Waals surface area contributed by atoms with Gasteiger partial charge in [-0.15, -0.1) is 0 Å². The summed E-state index contributed by atoms with van der Waals surface area (Å²) in [5.41, 5.74) is 4.56. The molecule has 0 unspecified atom stereocenters. The summed E-state index contributed by atoms with van der Waals surface area (Å²) < 4.78 is 15.8. The molecule has 0 bridgehead atoms. The number of hydrogen-bond acceptors (Lipinski definition) is 6. The predicted octanol–water partition coefficient (Wildman–Crippen LogP) is 1.48. The first-order valence-electron chi connectivity index (χ1n) is 7.93. The number of para-hydroxylation sites is 2. The van der Waals surface area contributed by atoms with Gasteiger partial charge in [-0.25, -0.2) is 4.79 Å². The highest BCUT2D eigenvalue weighted by Gasteiger charge is 2.27. The maximum absolute atomic E-state index is 12.1. The molecular formula is C18H15ClN2O6. The molecule has 0 saturated heterocycles. The van der Waals surface area contributed by atoms with Gasteiger partial charge in [0.05, 0.1) is 5.56 Å². The van der Waals surface area contributed by atoms with E-state index in [-0.39, 0.29) is 12.2 Å². The van der Waals surface area contributed by atoms with Crippen LogP contribution in [0.2, 0.25) is 5.02 Å². The first-order valence-corrected chi connectivity index (χ1v) is 8.30. The van der Waals surface area contributed by atoms with Crippen LogP contribution in [0.25, 0.3) is 0 Å². The standard InChI is InChI=1S/C18H15ClN2O6/c19-12-5-3-4-11(8-12)18(24)26-10-16(22)20-21-17(23)15-9-25-13-6-1-2-7-14(13)27-15/h1-8,15H,9-10H2,(H,20,22)(H,21,23)/t15-/m0/s1. The Hall–Kier alpha value is -3.26. The van der Waals surface area contributed by atoms with Crippen molar-refractivity contribution in [3.8, 4) is 11.5 Å². The van der Waals surface area contributed by atoms with Gasteiger partial charge < -0.3 is 14.2 Å². The first kappa shape index (κ1) is 18.5. The van der Waals surface area contributed by atoms with E-state index in [1.54, 1.807) is 36.4 Å². The second-order valence-electron chi connectivity index (χ2n) is 5.49. The van der Waals surface area contributed by atoms with Gasteiger partial charge in [-0.3, -0.25) is 20.4 Å². The van der Waals surface area contributed by atoms with E-state index in [1.165, 1.54) is 12.1 Å². The Kier molecular flexibility index (Phi) is 5.77. The zero-order valence-corrected chi connectivity index (χ0v) is 14.7. The predicted molar refractivity (Wildman–Crippen MR) is 94.4 cm³/mol. The fourth-order valence-electron chi connectivity index (χ4n) is 2.23. The third kappa shape index (κ3) is 4.89. The molecule has 0 aromatic heterocycles. The number of amides is 2. The van der Waals surface area contributed by atoms with Crippen LogP contribution in [-0.2, 0) is 14.3 Å². The van der Waals surface area contributed by atoms with Crippen molar-refractivity contribution in [1.29, 1.82) is 0 Å². The van der Waals surface area contributed by atoms with Crippen molar-refractivity contribution in [3.63, 3.8) is 0 Å². The number of carbonyl (C=O) groups excluding carboxylic acids is 3. The van der Waals surface area contributed by atoms with Gasteiger partial charge in [-0.2, -0.15) is 0 Å². The summed E-state index contributed by atoms with van der Waals surface area (Å²) in [6, 6.07) is 13.0. The summed E-state index contributed by atoms with van der Waals surface area (Å²) in [7, 11) is 0. The smallest absolute Gasteiger partial charge is 0.338 e. The number of ether oxygens (including phenoxy) is 3. The molecule has 0 spiro atoms. The van der Waals surface area contributed by atoms with Crippen LogP contribution in [0, 0.1) is 0 Å². The monoisotopic (exact) mass is 390 g/mol. The molecule has 8 nitrogen and oxygen atoms in total. The van der Waals surface area contributed by atoms with Crippen LogP contribution in [0.1, 0.15) is 10.4 Å². The minimum atomic E-state index is -0.922. The van der Waals surface area contributed by atoms with E-state index >= 15 is 0 Å². The number of hydrogen-bond donors (Lipinski definition) is 2. The number of halogens is 1. The van der Waals surface area contributed by atoms with Crippen LogP contribution >= 0.6 is 11.6 Å². The van der Waals surface area contributed by atoms with Crippen LogP contribution in [0.3, 0.4) is 0 Å². The van der Waals surface area contributed by atoms with Crippen molar-refractivity contribution < 1.29 is 28.6 Å². The van der Waals surface area contributed by atoms with Gasteiger partial charge in [0.15, 0.2) is 18.1 Å². The Morgan fingerprint density at radius 1 is 1.07 bits per heavy atom. The zero-order chi connectivity index (χ0) is 19.2. The van der Waals surface area contributed by atoms with Gasteiger partial charge in [0.1, 0.15) is 6.61 Å². The quantitative estimate of drug-likeness (QED) is 0.605. The molecule has 0 saturated carbocycles. The van der Waals surface area contributed by atoms with Crippen molar-refractivity contribution in [2.24, 2.45) is 0 Å². The van der Waals surface area contributed by atoms with Gasteiger partial charge in [-0.05, 0) is 30.3 Å². The average Bonchev–Trinajstić information content (AvgIpc) is 2.69. The molecular weight excluding hydrogens is 376 g/mol. The number of nitrogens with one attached hydrogen (secondary N) is 2. The normalized spacial score (nSPS) is 14.8. The van der Waals surface area contributed by atoms with E-state index in [4.69, 9.17) is 25.8 Å². The first-order chi connectivity index (χ1) is 13.0. The molecule has 0 radical (unpaired) electrons. The molecule has 0 aliphatic carbocycles. The second kappa shape index (κ2) is 8.41. The van der Waals surface area contributed by atoms with Crippen LogP contribution in [-0.4, -0.2) is 37.1 Å². The maximum atomic E-state index is 12.1. The largest absolute Gasteiger partial charge is 0.485 e. The fourth-order valence-corrected chi connectivity index (χ4v) is 2.42. The van der Waals surface area contributed by atoms with E-state index in [0.29, 0.717) is 16.5 Å². The molecule has 140 valence electrons. The van der Waals surface area contributed by atoms with E-state index in [2.05, 4.69) is 10.9 Å². The van der Waals surface area contributed by atoms with Crippen molar-refractivity contribution in [2.45, 2.75) is 6.10 Å². The summed E-state index contributed by atoms with van der Waals surface area (Å²) in [5.74, 6) is -1.04. The SMILES string of the molecule is O=C(COC(=O)c1cccc(Cl)c1)NNC(=O)[C@@H]1COc2ccccc2O1. The van der Waals surface area contributed by atoms with Crippen LogP contribution < -0.4 is 20.3 Å². The lowest BCUT2D eigenvalue weighted by Crippen LogP contribution is -2.51. The lowest BCUT2D eigenvalue weighted by molar-refractivity contribution is -0.135. The molecule has 1 aliphatic heterocycles. The summed E-state index contributed by atoms with van der Waals surface area (Å²) >= 11 is 5.78. The lowest BCUT2D eigenvalue weighted by atomic mass is 10.2. The van der Waals surface area contributed by atoms with E-state index in [1.807, 2.05) is 0 Å². The van der Waals surface area contributed by atoms with Crippen molar-refractivity contribution in [3.05, 3.63) is 59.1 Å². The van der Waals surface area contributed by atoms with Gasteiger partial charge in [0, 0.05) is 5.02 Å². The van der Waals surface area contributed by atoms with Gasteiger partial charge in [0.2, 0.25) is 6.10 Å². The Labute approximate surface area is 159 Å². The number of fused-ring (bicyclic) bond motifs is 1. The zero-order valence-electron chi connectivity index (χ0n) is 13.9. The lowest BCUT2D eigenvalue weighted by Gasteiger charge is -2.25. The number of benzene rings is 2. The highest BCUT2D eigenvalue weighted by atomic mass is 35.5. The highest BCUT2D eigenvalue weighted by Crippen LogP contribution is 2.30. The van der Waals surface area contributed by atoms with Gasteiger partial charge in [0.25, 0.3) is 11.8 Å².